The molecule has 2 aliphatic heterocycles. The Kier molecular flexibility index (Phi) is 6.13. The molecule has 0 aromatic heterocycles. The largest absolute Gasteiger partial charge is 0.426 e. The van der Waals surface area contributed by atoms with Gasteiger partial charge in [-0.15, -0.1) is 0 Å². The summed E-state index contributed by atoms with van der Waals surface area (Å²) in [6.45, 7) is 4.13. The first-order valence-electron chi connectivity index (χ1n) is 12.0. The fraction of sp³-hybridized carbons (Fsp3) is 0.407. The van der Waals surface area contributed by atoms with E-state index in [0.717, 1.165) is 19.3 Å². The Morgan fingerprint density at radius 3 is 2.54 bits per heavy atom. The molecule has 0 bridgehead atoms. The lowest BCUT2D eigenvalue weighted by atomic mass is 9.76. The molecule has 2 aromatic carbocycles. The number of hydrogen-bond donors (Lipinski definition) is 0. The van der Waals surface area contributed by atoms with Crippen LogP contribution in [-0.2, 0) is 19.2 Å². The lowest BCUT2D eigenvalue weighted by Gasteiger charge is -2.25. The van der Waals surface area contributed by atoms with Crippen molar-refractivity contribution in [2.45, 2.75) is 39.5 Å². The molecule has 2 saturated heterocycles. The number of nitrogens with zero attached hydrogens (tertiary/aromatic N) is 2. The lowest BCUT2D eigenvalue weighted by Crippen LogP contribution is -2.31. The van der Waals surface area contributed by atoms with E-state index in [4.69, 9.17) is 16.3 Å². The molecule has 3 aliphatic rings. The summed E-state index contributed by atoms with van der Waals surface area (Å²) in [6, 6.07) is 11.9. The minimum absolute atomic E-state index is 0.0559. The van der Waals surface area contributed by atoms with E-state index >= 15 is 0 Å². The molecule has 0 radical (unpaired) electrons. The summed E-state index contributed by atoms with van der Waals surface area (Å²) in [4.78, 5) is 54.2. The van der Waals surface area contributed by atoms with Crippen LogP contribution in [0.25, 0.3) is 0 Å². The van der Waals surface area contributed by atoms with E-state index in [2.05, 4.69) is 6.92 Å². The molecule has 7 nitrogen and oxygen atoms in total. The van der Waals surface area contributed by atoms with Gasteiger partial charge in [0.2, 0.25) is 17.7 Å². The Morgan fingerprint density at radius 2 is 1.80 bits per heavy atom. The van der Waals surface area contributed by atoms with E-state index in [1.807, 2.05) is 0 Å². The Bertz CT molecular complexity index is 1230. The second-order valence-corrected chi connectivity index (χ2v) is 10.3. The molecule has 3 fully saturated rings. The van der Waals surface area contributed by atoms with Crippen molar-refractivity contribution in [3.05, 3.63) is 53.1 Å². The Morgan fingerprint density at radius 1 is 1.03 bits per heavy atom. The molecule has 0 unspecified atom stereocenters. The van der Waals surface area contributed by atoms with Gasteiger partial charge in [0.05, 0.1) is 23.4 Å². The molecule has 1 aliphatic carbocycles. The topological polar surface area (TPSA) is 84.0 Å². The predicted octanol–water partition coefficient (Wildman–Crippen LogP) is 4.53. The van der Waals surface area contributed by atoms with Crippen LogP contribution in [0.15, 0.2) is 42.5 Å². The number of ether oxygens (including phenoxy) is 1. The van der Waals surface area contributed by atoms with Gasteiger partial charge in [0.25, 0.3) is 0 Å². The van der Waals surface area contributed by atoms with E-state index in [0.29, 0.717) is 33.6 Å². The standard InChI is InChI=1S/C27H27ClN2O5/c1-15-6-8-21-22(10-15)26(33)30(25(21)32)23-9-7-20(11-16(23)2)35-27(34)17-12-24(31)29(14-17)19-5-3-4-18(28)13-19/h3-5,7,9,11,13,15,17,21-22H,6,8,10,12,14H2,1-2H3/t15-,17-,21-,22-/m1/s1. The number of esters is 1. The zero-order chi connectivity index (χ0) is 24.9. The SMILES string of the molecule is Cc1cc(OC(=O)[C@@H]2CC(=O)N(c3cccc(Cl)c3)C2)ccc1N1C(=O)[C@@H]2CC[C@@H](C)C[C@H]2C1=O. The highest BCUT2D eigenvalue weighted by molar-refractivity contribution is 6.31. The van der Waals surface area contributed by atoms with Crippen molar-refractivity contribution in [1.82, 2.24) is 0 Å². The average Bonchev–Trinajstić information content (AvgIpc) is 3.32. The minimum Gasteiger partial charge on any atom is -0.426 e. The fourth-order valence-electron chi connectivity index (χ4n) is 5.53. The molecule has 3 amide bonds. The number of imide groups is 1. The van der Waals surface area contributed by atoms with Crippen LogP contribution in [0.2, 0.25) is 5.02 Å². The molecular weight excluding hydrogens is 468 g/mol. The molecule has 35 heavy (non-hydrogen) atoms. The lowest BCUT2D eigenvalue weighted by molar-refractivity contribution is -0.139. The number of benzene rings is 2. The van der Waals surface area contributed by atoms with Gasteiger partial charge in [-0.2, -0.15) is 0 Å². The van der Waals surface area contributed by atoms with Crippen LogP contribution in [0.3, 0.4) is 0 Å². The van der Waals surface area contributed by atoms with Crippen LogP contribution >= 0.6 is 11.6 Å². The van der Waals surface area contributed by atoms with Gasteiger partial charge < -0.3 is 9.64 Å². The summed E-state index contributed by atoms with van der Waals surface area (Å²) in [6.07, 6.45) is 2.50. The number of fused-ring (bicyclic) bond motifs is 1. The first-order chi connectivity index (χ1) is 16.7. The third-order valence-corrected chi connectivity index (χ3v) is 7.63. The van der Waals surface area contributed by atoms with Gasteiger partial charge in [0.15, 0.2) is 0 Å². The second-order valence-electron chi connectivity index (χ2n) is 9.90. The van der Waals surface area contributed by atoms with Crippen molar-refractivity contribution in [3.63, 3.8) is 0 Å². The van der Waals surface area contributed by atoms with Gasteiger partial charge >= 0.3 is 5.97 Å². The maximum Gasteiger partial charge on any atom is 0.316 e. The number of carbonyl (C=O) groups excluding carboxylic acids is 4. The van der Waals surface area contributed by atoms with Crippen LogP contribution in [0, 0.1) is 30.6 Å². The first kappa shape index (κ1) is 23.5. The maximum atomic E-state index is 13.1. The van der Waals surface area contributed by atoms with Crippen LogP contribution < -0.4 is 14.5 Å². The number of aryl methyl sites for hydroxylation is 1. The van der Waals surface area contributed by atoms with Crippen LogP contribution in [0.5, 0.6) is 5.75 Å². The average molecular weight is 495 g/mol. The van der Waals surface area contributed by atoms with E-state index < -0.39 is 11.9 Å². The summed E-state index contributed by atoms with van der Waals surface area (Å²) in [5.74, 6) is -1.26. The second kappa shape index (κ2) is 9.11. The Labute approximate surface area is 209 Å². The van der Waals surface area contributed by atoms with Crippen LogP contribution in [0.1, 0.15) is 38.2 Å². The molecule has 0 N–H and O–H groups in total. The van der Waals surface area contributed by atoms with Crippen molar-refractivity contribution in [1.29, 1.82) is 0 Å². The third kappa shape index (κ3) is 4.33. The van der Waals surface area contributed by atoms with Gasteiger partial charge in [-0.05, 0) is 74.1 Å². The summed E-state index contributed by atoms with van der Waals surface area (Å²) in [5.41, 5.74) is 1.85. The van der Waals surface area contributed by atoms with Gasteiger partial charge in [-0.25, -0.2) is 4.90 Å². The van der Waals surface area contributed by atoms with E-state index in [1.54, 1.807) is 49.4 Å². The highest BCUT2D eigenvalue weighted by atomic mass is 35.5. The van der Waals surface area contributed by atoms with Crippen molar-refractivity contribution in [2.24, 2.45) is 23.7 Å². The van der Waals surface area contributed by atoms with Crippen molar-refractivity contribution in [3.8, 4) is 5.75 Å². The smallest absolute Gasteiger partial charge is 0.316 e. The Balaban J connectivity index is 1.28. The summed E-state index contributed by atoms with van der Waals surface area (Å²) in [7, 11) is 0. The number of rotatable bonds is 4. The quantitative estimate of drug-likeness (QED) is 0.354. The fourth-order valence-corrected chi connectivity index (χ4v) is 5.71. The summed E-state index contributed by atoms with van der Waals surface area (Å²) < 4.78 is 5.58. The molecule has 2 heterocycles. The molecule has 182 valence electrons. The van der Waals surface area contributed by atoms with Crippen molar-refractivity contribution < 1.29 is 23.9 Å². The zero-order valence-electron chi connectivity index (χ0n) is 19.7. The molecule has 0 spiro atoms. The summed E-state index contributed by atoms with van der Waals surface area (Å²) >= 11 is 6.04. The Hall–Kier alpha value is -3.19. The van der Waals surface area contributed by atoms with Gasteiger partial charge in [0, 0.05) is 23.7 Å². The predicted molar refractivity (Wildman–Crippen MR) is 131 cm³/mol. The summed E-state index contributed by atoms with van der Waals surface area (Å²) in [5, 5.41) is 0.514. The normalized spacial score (nSPS) is 26.3. The van der Waals surface area contributed by atoms with Crippen molar-refractivity contribution >= 4 is 46.7 Å². The zero-order valence-corrected chi connectivity index (χ0v) is 20.5. The number of amides is 3. The van der Waals surface area contributed by atoms with Gasteiger partial charge in [0.1, 0.15) is 5.75 Å². The number of carbonyl (C=O) groups is 4. The number of anilines is 2. The molecular formula is C27H27ClN2O5. The van der Waals surface area contributed by atoms with E-state index in [9.17, 15) is 19.2 Å². The maximum absolute atomic E-state index is 13.1. The number of hydrogen-bond acceptors (Lipinski definition) is 5. The highest BCUT2D eigenvalue weighted by Crippen LogP contribution is 2.43. The van der Waals surface area contributed by atoms with Crippen LogP contribution in [-0.4, -0.2) is 30.2 Å². The highest BCUT2D eigenvalue weighted by Gasteiger charge is 2.50. The van der Waals surface area contributed by atoms with E-state index in [-0.39, 0.29) is 42.5 Å². The minimum atomic E-state index is -0.603. The van der Waals surface area contributed by atoms with E-state index in [1.165, 1.54) is 9.80 Å². The van der Waals surface area contributed by atoms with Gasteiger partial charge in [-0.3, -0.25) is 19.2 Å². The van der Waals surface area contributed by atoms with Crippen molar-refractivity contribution in [2.75, 3.05) is 16.3 Å². The third-order valence-electron chi connectivity index (χ3n) is 7.39. The molecule has 5 rings (SSSR count). The number of halogens is 1. The van der Waals surface area contributed by atoms with Gasteiger partial charge in [-0.1, -0.05) is 24.6 Å². The molecule has 1 saturated carbocycles. The molecule has 2 aromatic rings. The first-order valence-corrected chi connectivity index (χ1v) is 12.4. The molecule has 8 heteroatoms. The monoisotopic (exact) mass is 494 g/mol. The molecule has 4 atom stereocenters. The van der Waals surface area contributed by atoms with Crippen LogP contribution in [0.4, 0.5) is 11.4 Å².